The standard InChI is InChI=1S/C12H17ClN2O2.ClH/c1-9(14)12(16)15(2)7-8-17-11-5-3-10(13)4-6-11;/h3-6,9H,7-8,14H2,1-2H3;1H/t9-;/m0./s1. The van der Waals surface area contributed by atoms with Gasteiger partial charge in [-0.25, -0.2) is 0 Å². The summed E-state index contributed by atoms with van der Waals surface area (Å²) in [6, 6.07) is 6.61. The van der Waals surface area contributed by atoms with E-state index in [0.717, 1.165) is 5.75 Å². The van der Waals surface area contributed by atoms with Crippen molar-refractivity contribution >= 4 is 29.9 Å². The van der Waals surface area contributed by atoms with Gasteiger partial charge in [-0.3, -0.25) is 4.79 Å². The van der Waals surface area contributed by atoms with Crippen molar-refractivity contribution in [2.75, 3.05) is 20.2 Å². The van der Waals surface area contributed by atoms with Crippen molar-refractivity contribution in [3.63, 3.8) is 0 Å². The summed E-state index contributed by atoms with van der Waals surface area (Å²) < 4.78 is 5.47. The number of nitrogens with zero attached hydrogens (tertiary/aromatic N) is 1. The molecule has 0 spiro atoms. The zero-order valence-electron chi connectivity index (χ0n) is 10.4. The number of carbonyl (C=O) groups excluding carboxylic acids is 1. The molecule has 0 radical (unpaired) electrons. The van der Waals surface area contributed by atoms with Gasteiger partial charge in [-0.15, -0.1) is 12.4 Å². The predicted molar refractivity (Wildman–Crippen MR) is 75.5 cm³/mol. The van der Waals surface area contributed by atoms with Crippen LogP contribution in [0, 0.1) is 0 Å². The molecule has 1 aromatic carbocycles. The second-order valence-electron chi connectivity index (χ2n) is 3.85. The lowest BCUT2D eigenvalue weighted by Crippen LogP contribution is -2.41. The van der Waals surface area contributed by atoms with Gasteiger partial charge >= 0.3 is 0 Å². The van der Waals surface area contributed by atoms with E-state index in [1.165, 1.54) is 0 Å². The number of rotatable bonds is 5. The minimum Gasteiger partial charge on any atom is -0.492 e. The lowest BCUT2D eigenvalue weighted by Gasteiger charge is -2.19. The number of halogens is 2. The molecule has 0 aliphatic rings. The van der Waals surface area contributed by atoms with Gasteiger partial charge in [0.1, 0.15) is 12.4 Å². The Hall–Kier alpha value is -0.970. The first-order chi connectivity index (χ1) is 8.00. The van der Waals surface area contributed by atoms with Crippen LogP contribution in [0.1, 0.15) is 6.92 Å². The summed E-state index contributed by atoms with van der Waals surface area (Å²) in [6.45, 7) is 2.60. The summed E-state index contributed by atoms with van der Waals surface area (Å²) in [4.78, 5) is 13.0. The zero-order chi connectivity index (χ0) is 12.8. The van der Waals surface area contributed by atoms with Crippen LogP contribution in [-0.4, -0.2) is 37.0 Å². The van der Waals surface area contributed by atoms with E-state index < -0.39 is 6.04 Å². The van der Waals surface area contributed by atoms with Crippen LogP contribution in [0.4, 0.5) is 0 Å². The summed E-state index contributed by atoms with van der Waals surface area (Å²) in [5, 5.41) is 0.668. The molecule has 1 rings (SSSR count). The van der Waals surface area contributed by atoms with E-state index in [9.17, 15) is 4.79 Å². The Balaban J connectivity index is 0.00000289. The highest BCUT2D eigenvalue weighted by Crippen LogP contribution is 2.15. The van der Waals surface area contributed by atoms with Crippen LogP contribution in [0.2, 0.25) is 5.02 Å². The number of benzene rings is 1. The van der Waals surface area contributed by atoms with E-state index in [1.807, 2.05) is 0 Å². The molecule has 0 unspecified atom stereocenters. The summed E-state index contributed by atoms with van der Waals surface area (Å²) >= 11 is 5.75. The molecule has 1 amide bonds. The van der Waals surface area contributed by atoms with Crippen LogP contribution < -0.4 is 10.5 Å². The van der Waals surface area contributed by atoms with Gasteiger partial charge in [0.05, 0.1) is 12.6 Å². The van der Waals surface area contributed by atoms with Gasteiger partial charge in [0.15, 0.2) is 0 Å². The Morgan fingerprint density at radius 2 is 2.00 bits per heavy atom. The van der Waals surface area contributed by atoms with E-state index in [4.69, 9.17) is 22.1 Å². The molecule has 102 valence electrons. The van der Waals surface area contributed by atoms with Crippen LogP contribution in [0.3, 0.4) is 0 Å². The Kier molecular flexibility index (Phi) is 7.75. The molecule has 2 N–H and O–H groups in total. The van der Waals surface area contributed by atoms with Crippen molar-refractivity contribution in [2.24, 2.45) is 5.73 Å². The fourth-order valence-electron chi connectivity index (χ4n) is 1.29. The number of ether oxygens (including phenoxy) is 1. The maximum Gasteiger partial charge on any atom is 0.239 e. The molecule has 0 aliphatic heterocycles. The molecule has 1 aromatic rings. The average molecular weight is 293 g/mol. The summed E-state index contributed by atoms with van der Waals surface area (Å²) in [6.07, 6.45) is 0. The topological polar surface area (TPSA) is 55.6 Å². The van der Waals surface area contributed by atoms with Gasteiger partial charge < -0.3 is 15.4 Å². The molecule has 6 heteroatoms. The van der Waals surface area contributed by atoms with Gasteiger partial charge in [-0.2, -0.15) is 0 Å². The van der Waals surface area contributed by atoms with E-state index in [-0.39, 0.29) is 18.3 Å². The van der Waals surface area contributed by atoms with Crippen LogP contribution in [0.15, 0.2) is 24.3 Å². The SMILES string of the molecule is C[C@H](N)C(=O)N(C)CCOc1ccc(Cl)cc1.Cl. The van der Waals surface area contributed by atoms with E-state index in [2.05, 4.69) is 0 Å². The number of likely N-dealkylation sites (N-methyl/N-ethyl adjacent to an activating group) is 1. The average Bonchev–Trinajstić information content (AvgIpc) is 2.30. The number of amides is 1. The van der Waals surface area contributed by atoms with E-state index >= 15 is 0 Å². The molecular formula is C12H18Cl2N2O2. The minimum atomic E-state index is -0.476. The first-order valence-electron chi connectivity index (χ1n) is 5.39. The van der Waals surface area contributed by atoms with Crippen LogP contribution in [0.25, 0.3) is 0 Å². The fourth-order valence-corrected chi connectivity index (χ4v) is 1.42. The summed E-state index contributed by atoms with van der Waals surface area (Å²) in [5.41, 5.74) is 5.49. The summed E-state index contributed by atoms with van der Waals surface area (Å²) in [7, 11) is 1.71. The zero-order valence-corrected chi connectivity index (χ0v) is 12.0. The Labute approximate surface area is 118 Å². The highest BCUT2D eigenvalue weighted by atomic mass is 35.5. The van der Waals surface area contributed by atoms with E-state index in [1.54, 1.807) is 43.1 Å². The first-order valence-corrected chi connectivity index (χ1v) is 5.77. The quantitative estimate of drug-likeness (QED) is 0.902. The van der Waals surface area contributed by atoms with Crippen LogP contribution in [-0.2, 0) is 4.79 Å². The molecule has 0 saturated heterocycles. The van der Waals surface area contributed by atoms with Crippen molar-refractivity contribution in [1.82, 2.24) is 4.90 Å². The lowest BCUT2D eigenvalue weighted by atomic mass is 10.3. The third-order valence-corrected chi connectivity index (χ3v) is 2.53. The van der Waals surface area contributed by atoms with Gasteiger partial charge in [0.25, 0.3) is 0 Å². The smallest absolute Gasteiger partial charge is 0.239 e. The molecule has 1 atom stereocenters. The van der Waals surface area contributed by atoms with Crippen molar-refractivity contribution < 1.29 is 9.53 Å². The van der Waals surface area contributed by atoms with Gasteiger partial charge in [-0.05, 0) is 31.2 Å². The molecule has 0 fully saturated rings. The minimum absolute atomic E-state index is 0. The molecule has 0 saturated carbocycles. The van der Waals surface area contributed by atoms with Crippen LogP contribution in [0.5, 0.6) is 5.75 Å². The van der Waals surface area contributed by atoms with Gasteiger partial charge in [0.2, 0.25) is 5.91 Å². The molecule has 0 bridgehead atoms. The van der Waals surface area contributed by atoms with Crippen molar-refractivity contribution in [3.8, 4) is 5.75 Å². The van der Waals surface area contributed by atoms with Crippen molar-refractivity contribution in [3.05, 3.63) is 29.3 Å². The largest absolute Gasteiger partial charge is 0.492 e. The van der Waals surface area contributed by atoms with Gasteiger partial charge in [-0.1, -0.05) is 11.6 Å². The normalized spacial score (nSPS) is 11.3. The lowest BCUT2D eigenvalue weighted by molar-refractivity contribution is -0.131. The second-order valence-corrected chi connectivity index (χ2v) is 4.29. The van der Waals surface area contributed by atoms with E-state index in [0.29, 0.717) is 18.2 Å². The van der Waals surface area contributed by atoms with Gasteiger partial charge in [0, 0.05) is 12.1 Å². The number of hydrogen-bond donors (Lipinski definition) is 1. The highest BCUT2D eigenvalue weighted by Gasteiger charge is 2.12. The Morgan fingerprint density at radius 1 is 1.44 bits per heavy atom. The number of carbonyl (C=O) groups is 1. The van der Waals surface area contributed by atoms with Crippen LogP contribution >= 0.6 is 24.0 Å². The first kappa shape index (κ1) is 17.0. The predicted octanol–water partition coefficient (Wildman–Crippen LogP) is 1.95. The van der Waals surface area contributed by atoms with Crippen molar-refractivity contribution in [1.29, 1.82) is 0 Å². The molecule has 18 heavy (non-hydrogen) atoms. The van der Waals surface area contributed by atoms with Crippen molar-refractivity contribution in [2.45, 2.75) is 13.0 Å². The Morgan fingerprint density at radius 3 is 2.50 bits per heavy atom. The molecule has 0 aliphatic carbocycles. The number of hydrogen-bond acceptors (Lipinski definition) is 3. The highest BCUT2D eigenvalue weighted by molar-refractivity contribution is 6.30. The maximum atomic E-state index is 11.5. The molecular weight excluding hydrogens is 275 g/mol. The third kappa shape index (κ3) is 5.58. The molecule has 4 nitrogen and oxygen atoms in total. The fraction of sp³-hybridized carbons (Fsp3) is 0.417. The third-order valence-electron chi connectivity index (χ3n) is 2.27. The molecule has 0 aromatic heterocycles. The molecule has 0 heterocycles. The Bertz CT molecular complexity index is 369. The summed E-state index contributed by atoms with van der Waals surface area (Å²) in [5.74, 6) is 0.640. The monoisotopic (exact) mass is 292 g/mol. The number of nitrogens with two attached hydrogens (primary N) is 1. The maximum absolute atomic E-state index is 11.5. The second kappa shape index (κ2) is 8.19.